The third-order valence-electron chi connectivity index (χ3n) is 6.48. The number of carbonyl (C=O) groups excluding carboxylic acids is 3. The Morgan fingerprint density at radius 1 is 0.795 bits per heavy atom. The van der Waals surface area contributed by atoms with E-state index in [2.05, 4.69) is 16.0 Å². The third kappa shape index (κ3) is 9.69. The first-order valence-corrected chi connectivity index (χ1v) is 12.8. The molecule has 6 atom stereocenters. The van der Waals surface area contributed by atoms with Gasteiger partial charge in [-0.05, 0) is 42.5 Å². The number of benzene rings is 2. The van der Waals surface area contributed by atoms with Crippen molar-refractivity contribution >= 4 is 23.7 Å². The van der Waals surface area contributed by atoms with Gasteiger partial charge in [0.05, 0.1) is 12.1 Å². The predicted octanol–water partition coefficient (Wildman–Crippen LogP) is 0.471. The van der Waals surface area contributed by atoms with Crippen LogP contribution in [0.15, 0.2) is 54.6 Å². The molecular formula is C28H38N4O7. The summed E-state index contributed by atoms with van der Waals surface area (Å²) in [5, 5.41) is 36.2. The largest absolute Gasteiger partial charge is 0.508 e. The highest BCUT2D eigenvalue weighted by molar-refractivity contribution is 5.94. The van der Waals surface area contributed by atoms with Crippen LogP contribution in [0.25, 0.3) is 0 Å². The molecule has 39 heavy (non-hydrogen) atoms. The van der Waals surface area contributed by atoms with E-state index in [1.165, 1.54) is 19.1 Å². The lowest BCUT2D eigenvalue weighted by Gasteiger charge is -2.28. The van der Waals surface area contributed by atoms with Crippen molar-refractivity contribution in [2.75, 3.05) is 0 Å². The van der Waals surface area contributed by atoms with Crippen LogP contribution in [0.4, 0.5) is 0 Å². The molecule has 0 aromatic heterocycles. The van der Waals surface area contributed by atoms with Crippen LogP contribution in [-0.2, 0) is 32.0 Å². The van der Waals surface area contributed by atoms with Crippen LogP contribution in [-0.4, -0.2) is 69.3 Å². The number of nitrogens with one attached hydrogen (secondary N) is 3. The van der Waals surface area contributed by atoms with Gasteiger partial charge in [0.2, 0.25) is 17.7 Å². The van der Waals surface area contributed by atoms with Crippen molar-refractivity contribution in [3.8, 4) is 5.75 Å². The summed E-state index contributed by atoms with van der Waals surface area (Å²) in [5.41, 5.74) is 7.59. The van der Waals surface area contributed by atoms with Crippen molar-refractivity contribution in [2.24, 2.45) is 11.7 Å². The van der Waals surface area contributed by atoms with Gasteiger partial charge in [-0.25, -0.2) is 4.79 Å². The Balaban J connectivity index is 2.23. The maximum Gasteiger partial charge on any atom is 0.328 e. The number of amides is 3. The molecule has 2 aromatic carbocycles. The van der Waals surface area contributed by atoms with Gasteiger partial charge in [0, 0.05) is 6.42 Å². The molecule has 0 saturated carbocycles. The van der Waals surface area contributed by atoms with Crippen molar-refractivity contribution in [3.05, 3.63) is 65.7 Å². The summed E-state index contributed by atoms with van der Waals surface area (Å²) < 4.78 is 0. The minimum absolute atomic E-state index is 0.0828. The highest BCUT2D eigenvalue weighted by Crippen LogP contribution is 2.13. The second kappa shape index (κ2) is 14.8. The van der Waals surface area contributed by atoms with Gasteiger partial charge < -0.3 is 37.0 Å². The zero-order chi connectivity index (χ0) is 29.1. The van der Waals surface area contributed by atoms with Crippen LogP contribution in [0, 0.1) is 5.92 Å². The third-order valence-corrected chi connectivity index (χ3v) is 6.48. The Labute approximate surface area is 227 Å². The molecule has 0 spiro atoms. The second-order valence-electron chi connectivity index (χ2n) is 9.66. The highest BCUT2D eigenvalue weighted by atomic mass is 16.4. The van der Waals surface area contributed by atoms with Crippen LogP contribution >= 0.6 is 0 Å². The van der Waals surface area contributed by atoms with Gasteiger partial charge in [0.15, 0.2) is 6.04 Å². The molecule has 6 unspecified atom stereocenters. The van der Waals surface area contributed by atoms with Crippen LogP contribution in [0.5, 0.6) is 5.75 Å². The van der Waals surface area contributed by atoms with E-state index >= 15 is 0 Å². The minimum Gasteiger partial charge on any atom is -0.508 e. The maximum absolute atomic E-state index is 13.5. The number of aliphatic carboxylic acids is 1. The van der Waals surface area contributed by atoms with Crippen LogP contribution in [0.2, 0.25) is 0 Å². The average molecular weight is 543 g/mol. The molecule has 0 saturated heterocycles. The molecule has 0 aliphatic heterocycles. The first-order chi connectivity index (χ1) is 18.4. The van der Waals surface area contributed by atoms with Crippen molar-refractivity contribution in [3.63, 3.8) is 0 Å². The molecule has 0 aliphatic carbocycles. The first-order valence-electron chi connectivity index (χ1n) is 12.8. The number of hydrogen-bond acceptors (Lipinski definition) is 7. The van der Waals surface area contributed by atoms with Crippen LogP contribution in [0.1, 0.15) is 38.3 Å². The van der Waals surface area contributed by atoms with Gasteiger partial charge in [-0.2, -0.15) is 0 Å². The Bertz CT molecular complexity index is 1110. The second-order valence-corrected chi connectivity index (χ2v) is 9.66. The summed E-state index contributed by atoms with van der Waals surface area (Å²) in [6.07, 6.45) is -0.595. The van der Waals surface area contributed by atoms with Gasteiger partial charge >= 0.3 is 5.97 Å². The van der Waals surface area contributed by atoms with Gasteiger partial charge in [-0.15, -0.1) is 0 Å². The molecule has 0 fully saturated rings. The number of carboxylic acids is 1. The molecule has 212 valence electrons. The predicted molar refractivity (Wildman–Crippen MR) is 144 cm³/mol. The number of carbonyl (C=O) groups is 4. The standard InChI is InChI=1S/C28H38N4O7/c1-4-16(2)23(27(37)32-24(17(3)33)28(38)39)31-26(36)22(15-18-8-6-5-7-9-18)30-25(35)21(29)14-19-10-12-20(34)13-11-19/h5-13,16-17,21-24,33-34H,4,14-15,29H2,1-3H3,(H,30,35)(H,31,36)(H,32,37)(H,38,39). The van der Waals surface area contributed by atoms with E-state index in [9.17, 15) is 34.5 Å². The van der Waals surface area contributed by atoms with Crippen LogP contribution in [0.3, 0.4) is 0 Å². The lowest BCUT2D eigenvalue weighted by molar-refractivity contribution is -0.145. The Kier molecular flexibility index (Phi) is 11.9. The fourth-order valence-corrected chi connectivity index (χ4v) is 3.90. The summed E-state index contributed by atoms with van der Waals surface area (Å²) in [5.74, 6) is -3.71. The SMILES string of the molecule is CCC(C)C(NC(=O)C(Cc1ccccc1)NC(=O)C(N)Cc1ccc(O)cc1)C(=O)NC(C(=O)O)C(C)O. The van der Waals surface area contributed by atoms with Gasteiger partial charge in [0.1, 0.15) is 17.8 Å². The zero-order valence-electron chi connectivity index (χ0n) is 22.3. The van der Waals surface area contributed by atoms with Crippen LogP contribution < -0.4 is 21.7 Å². The van der Waals surface area contributed by atoms with Crippen molar-refractivity contribution in [2.45, 2.75) is 70.3 Å². The van der Waals surface area contributed by atoms with E-state index in [0.29, 0.717) is 6.42 Å². The normalized spacial score (nSPS) is 15.6. The number of aliphatic hydroxyl groups is 1. The first kappa shape index (κ1) is 31.3. The average Bonchev–Trinajstić information content (AvgIpc) is 2.90. The quantitative estimate of drug-likeness (QED) is 0.179. The summed E-state index contributed by atoms with van der Waals surface area (Å²) in [7, 11) is 0. The molecule has 0 bridgehead atoms. The molecular weight excluding hydrogens is 504 g/mol. The maximum atomic E-state index is 13.5. The van der Waals surface area contributed by atoms with Gasteiger partial charge in [-0.3, -0.25) is 14.4 Å². The van der Waals surface area contributed by atoms with E-state index in [0.717, 1.165) is 11.1 Å². The van der Waals surface area contributed by atoms with Crippen molar-refractivity contribution in [1.82, 2.24) is 16.0 Å². The topological polar surface area (TPSA) is 191 Å². The highest BCUT2D eigenvalue weighted by Gasteiger charge is 2.34. The van der Waals surface area contributed by atoms with E-state index in [1.807, 2.05) is 13.0 Å². The van der Waals surface area contributed by atoms with E-state index in [4.69, 9.17) is 5.73 Å². The molecule has 2 rings (SSSR count). The number of aromatic hydroxyl groups is 1. The monoisotopic (exact) mass is 542 g/mol. The van der Waals surface area contributed by atoms with Crippen molar-refractivity contribution < 1.29 is 34.5 Å². The fraction of sp³-hybridized carbons (Fsp3) is 0.429. The number of phenolic OH excluding ortho intramolecular Hbond substituents is 1. The number of phenols is 1. The minimum atomic E-state index is -1.56. The molecule has 8 N–H and O–H groups in total. The molecule has 3 amide bonds. The lowest BCUT2D eigenvalue weighted by Crippen LogP contribution is -2.60. The molecule has 2 aromatic rings. The Hall–Kier alpha value is -3.96. The molecule has 0 heterocycles. The molecule has 0 aliphatic rings. The zero-order valence-corrected chi connectivity index (χ0v) is 22.3. The molecule has 11 heteroatoms. The Morgan fingerprint density at radius 3 is 1.90 bits per heavy atom. The van der Waals surface area contributed by atoms with Gasteiger partial charge in [0.25, 0.3) is 0 Å². The number of aliphatic hydroxyl groups excluding tert-OH is 1. The molecule has 11 nitrogen and oxygen atoms in total. The van der Waals surface area contributed by atoms with Crippen molar-refractivity contribution in [1.29, 1.82) is 0 Å². The van der Waals surface area contributed by atoms with E-state index in [1.54, 1.807) is 43.3 Å². The molecule has 0 radical (unpaired) electrons. The fourth-order valence-electron chi connectivity index (χ4n) is 3.90. The van der Waals surface area contributed by atoms with Gasteiger partial charge in [-0.1, -0.05) is 62.7 Å². The number of nitrogens with two attached hydrogens (primary N) is 1. The summed E-state index contributed by atoms with van der Waals surface area (Å²) in [4.78, 5) is 50.9. The smallest absolute Gasteiger partial charge is 0.328 e. The summed E-state index contributed by atoms with van der Waals surface area (Å²) in [6.45, 7) is 4.77. The summed E-state index contributed by atoms with van der Waals surface area (Å²) in [6, 6.07) is 10.5. The van der Waals surface area contributed by atoms with E-state index < -0.39 is 54.0 Å². The Morgan fingerprint density at radius 2 is 1.36 bits per heavy atom. The number of rotatable bonds is 14. The summed E-state index contributed by atoms with van der Waals surface area (Å²) >= 11 is 0. The lowest BCUT2D eigenvalue weighted by atomic mass is 9.96. The number of carboxylic acid groups (broad SMARTS) is 1. The van der Waals surface area contributed by atoms with E-state index in [-0.39, 0.29) is 24.5 Å². The number of hydrogen-bond donors (Lipinski definition) is 7.